The largest absolute Gasteiger partial charge is 0.462 e. The first-order valence-electron chi connectivity index (χ1n) is 19.8. The van der Waals surface area contributed by atoms with Crippen LogP contribution in [0.3, 0.4) is 0 Å². The normalized spacial score (nSPS) is 12.8. The van der Waals surface area contributed by atoms with Crippen molar-refractivity contribution >= 4 is 11.9 Å². The zero-order chi connectivity index (χ0) is 35.0. The molecule has 1 unspecified atom stereocenters. The van der Waals surface area contributed by atoms with Crippen LogP contribution in [0.4, 0.5) is 0 Å². The van der Waals surface area contributed by atoms with E-state index in [0.717, 1.165) is 83.5 Å². The van der Waals surface area contributed by atoms with Crippen molar-refractivity contribution in [2.75, 3.05) is 19.8 Å². The molecule has 0 saturated heterocycles. The monoisotopic (exact) mass is 671 g/mol. The third kappa shape index (κ3) is 36.4. The van der Waals surface area contributed by atoms with Gasteiger partial charge in [0.25, 0.3) is 0 Å². The molecule has 0 aliphatic heterocycles. The summed E-state index contributed by atoms with van der Waals surface area (Å²) in [7, 11) is 0. The number of esters is 2. The molecule has 5 nitrogen and oxygen atoms in total. The van der Waals surface area contributed by atoms with Crippen LogP contribution in [-0.2, 0) is 23.8 Å². The Hall–Kier alpha value is -2.40. The highest BCUT2D eigenvalue weighted by molar-refractivity contribution is 5.70. The molecule has 0 N–H and O–H groups in total. The van der Waals surface area contributed by atoms with E-state index in [1.54, 1.807) is 0 Å². The zero-order valence-electron chi connectivity index (χ0n) is 31.5. The highest BCUT2D eigenvalue weighted by Gasteiger charge is 2.17. The molecule has 0 aromatic heterocycles. The summed E-state index contributed by atoms with van der Waals surface area (Å²) in [5, 5.41) is 0. The maximum Gasteiger partial charge on any atom is 0.306 e. The van der Waals surface area contributed by atoms with Crippen molar-refractivity contribution < 1.29 is 23.8 Å². The average molecular weight is 671 g/mol. The molecule has 0 bridgehead atoms. The molecule has 0 spiro atoms. The molecule has 0 aliphatic carbocycles. The van der Waals surface area contributed by atoms with Crippen molar-refractivity contribution in [2.45, 2.75) is 181 Å². The molecule has 0 aliphatic rings. The van der Waals surface area contributed by atoms with Gasteiger partial charge in [0, 0.05) is 19.4 Å². The fraction of sp³-hybridized carbons (Fsp3) is 0.721. The summed E-state index contributed by atoms with van der Waals surface area (Å²) in [5.74, 6) is -0.465. The van der Waals surface area contributed by atoms with Gasteiger partial charge in [0.1, 0.15) is 6.61 Å². The molecule has 0 radical (unpaired) electrons. The first-order valence-corrected chi connectivity index (χ1v) is 19.8. The van der Waals surface area contributed by atoms with Gasteiger partial charge >= 0.3 is 11.9 Å². The summed E-state index contributed by atoms with van der Waals surface area (Å²) in [4.78, 5) is 25.0. The summed E-state index contributed by atoms with van der Waals surface area (Å²) in [5.41, 5.74) is 0. The second-order valence-corrected chi connectivity index (χ2v) is 12.8. The van der Waals surface area contributed by atoms with Crippen LogP contribution in [0.5, 0.6) is 0 Å². The van der Waals surface area contributed by atoms with E-state index < -0.39 is 6.10 Å². The highest BCUT2D eigenvalue weighted by Crippen LogP contribution is 2.11. The first kappa shape index (κ1) is 45.6. The molecule has 0 amide bonds. The molecule has 0 heterocycles. The van der Waals surface area contributed by atoms with Crippen molar-refractivity contribution in [3.05, 3.63) is 60.8 Å². The van der Waals surface area contributed by atoms with Crippen molar-refractivity contribution in [3.8, 4) is 0 Å². The minimum absolute atomic E-state index is 0.0592. The molecule has 5 heteroatoms. The second kappa shape index (κ2) is 39.0. The maximum atomic E-state index is 12.6. The topological polar surface area (TPSA) is 61.8 Å². The van der Waals surface area contributed by atoms with Gasteiger partial charge in [-0.3, -0.25) is 9.59 Å². The number of hydrogen-bond donors (Lipinski definition) is 0. The van der Waals surface area contributed by atoms with E-state index >= 15 is 0 Å². The number of carbonyl (C=O) groups excluding carboxylic acids is 2. The van der Waals surface area contributed by atoms with Crippen molar-refractivity contribution in [2.24, 2.45) is 0 Å². The standard InChI is InChI=1S/C43H74O5/c1-4-7-10-13-16-18-20-21-22-23-25-26-28-30-33-36-42(44)47-40-41(39-46-38-35-32-15-12-9-6-3)48-43(45)37-34-31-29-27-24-19-17-14-11-8-5-2/h7,10,14,16-18,21-22,25-26,41H,4-6,8-9,11-13,15,19-20,23-24,27-40H2,1-3H3/b10-7-,17-14-,18-16-,22-21-,26-25-. The minimum Gasteiger partial charge on any atom is -0.462 e. The Morgan fingerprint density at radius 3 is 1.62 bits per heavy atom. The van der Waals surface area contributed by atoms with Crippen LogP contribution < -0.4 is 0 Å². The lowest BCUT2D eigenvalue weighted by atomic mass is 10.1. The van der Waals surface area contributed by atoms with Crippen LogP contribution in [-0.4, -0.2) is 37.9 Å². The highest BCUT2D eigenvalue weighted by atomic mass is 16.6. The Balaban J connectivity index is 4.25. The molecular formula is C43H74O5. The minimum atomic E-state index is -0.551. The molecule has 276 valence electrons. The predicted molar refractivity (Wildman–Crippen MR) is 205 cm³/mol. The van der Waals surface area contributed by atoms with E-state index in [-0.39, 0.29) is 25.2 Å². The Labute approximate surface area is 296 Å². The number of carbonyl (C=O) groups is 2. The van der Waals surface area contributed by atoms with E-state index in [1.807, 2.05) is 0 Å². The van der Waals surface area contributed by atoms with Gasteiger partial charge in [0.2, 0.25) is 0 Å². The van der Waals surface area contributed by atoms with E-state index in [1.165, 1.54) is 57.8 Å². The summed E-state index contributed by atoms with van der Waals surface area (Å²) in [6.45, 7) is 7.56. The van der Waals surface area contributed by atoms with Crippen LogP contribution >= 0.6 is 0 Å². The smallest absolute Gasteiger partial charge is 0.306 e. The summed E-state index contributed by atoms with van der Waals surface area (Å²) in [6, 6.07) is 0. The molecule has 0 aromatic carbocycles. The maximum absolute atomic E-state index is 12.6. The van der Waals surface area contributed by atoms with Crippen molar-refractivity contribution in [1.82, 2.24) is 0 Å². The molecule has 0 saturated carbocycles. The van der Waals surface area contributed by atoms with Crippen LogP contribution in [0.25, 0.3) is 0 Å². The third-order valence-electron chi connectivity index (χ3n) is 8.04. The van der Waals surface area contributed by atoms with Crippen molar-refractivity contribution in [1.29, 1.82) is 0 Å². The van der Waals surface area contributed by atoms with Crippen molar-refractivity contribution in [3.63, 3.8) is 0 Å². The quantitative estimate of drug-likeness (QED) is 0.0381. The average Bonchev–Trinajstić information content (AvgIpc) is 3.08. The Morgan fingerprint density at radius 2 is 0.958 bits per heavy atom. The molecule has 48 heavy (non-hydrogen) atoms. The molecule has 0 fully saturated rings. The predicted octanol–water partition coefficient (Wildman–Crippen LogP) is 12.7. The fourth-order valence-electron chi connectivity index (χ4n) is 5.07. The number of allylic oxidation sites excluding steroid dienone is 10. The van der Waals surface area contributed by atoms with Gasteiger partial charge in [-0.2, -0.15) is 0 Å². The van der Waals surface area contributed by atoms with Crippen LogP contribution in [0.2, 0.25) is 0 Å². The van der Waals surface area contributed by atoms with E-state index in [4.69, 9.17) is 14.2 Å². The van der Waals surface area contributed by atoms with Gasteiger partial charge in [0.05, 0.1) is 6.61 Å². The second-order valence-electron chi connectivity index (χ2n) is 12.8. The van der Waals surface area contributed by atoms with Crippen LogP contribution in [0.15, 0.2) is 60.8 Å². The van der Waals surface area contributed by atoms with Gasteiger partial charge in [-0.25, -0.2) is 0 Å². The van der Waals surface area contributed by atoms with Gasteiger partial charge in [-0.1, -0.05) is 146 Å². The van der Waals surface area contributed by atoms with E-state index in [9.17, 15) is 9.59 Å². The van der Waals surface area contributed by atoms with Gasteiger partial charge in [0.15, 0.2) is 6.10 Å². The lowest BCUT2D eigenvalue weighted by molar-refractivity contribution is -0.163. The zero-order valence-corrected chi connectivity index (χ0v) is 31.5. The van der Waals surface area contributed by atoms with E-state index in [2.05, 4.69) is 81.5 Å². The van der Waals surface area contributed by atoms with Crippen LogP contribution in [0, 0.1) is 0 Å². The molecule has 0 rings (SSSR count). The lowest BCUT2D eigenvalue weighted by Crippen LogP contribution is -2.30. The van der Waals surface area contributed by atoms with Gasteiger partial charge < -0.3 is 14.2 Å². The SMILES string of the molecule is CC/C=C\C/C=C\C/C=C\C/C=C\CCCCC(=O)OCC(COCCCCCCCC)OC(=O)CCCCCCC/C=C\CCCC. The number of hydrogen-bond acceptors (Lipinski definition) is 5. The van der Waals surface area contributed by atoms with E-state index in [0.29, 0.717) is 19.4 Å². The number of ether oxygens (including phenoxy) is 3. The third-order valence-corrected chi connectivity index (χ3v) is 8.04. The lowest BCUT2D eigenvalue weighted by Gasteiger charge is -2.18. The Bertz CT molecular complexity index is 853. The summed E-state index contributed by atoms with van der Waals surface area (Å²) in [6.07, 6.45) is 46.5. The number of unbranched alkanes of at least 4 members (excludes halogenated alkanes) is 14. The number of rotatable bonds is 35. The summed E-state index contributed by atoms with van der Waals surface area (Å²) >= 11 is 0. The fourth-order valence-corrected chi connectivity index (χ4v) is 5.07. The van der Waals surface area contributed by atoms with Gasteiger partial charge in [-0.15, -0.1) is 0 Å². The first-order chi connectivity index (χ1) is 23.6. The van der Waals surface area contributed by atoms with Crippen LogP contribution in [0.1, 0.15) is 175 Å². The molecule has 0 aromatic rings. The Morgan fingerprint density at radius 1 is 0.479 bits per heavy atom. The summed E-state index contributed by atoms with van der Waals surface area (Å²) < 4.78 is 17.1. The molecular weight excluding hydrogens is 596 g/mol. The Kier molecular flexibility index (Phi) is 37.1. The van der Waals surface area contributed by atoms with Gasteiger partial charge in [-0.05, 0) is 77.0 Å². The molecule has 1 atom stereocenters.